The predicted octanol–water partition coefficient (Wildman–Crippen LogP) is 4.67. The van der Waals surface area contributed by atoms with Gasteiger partial charge in [0.15, 0.2) is 0 Å². The molecule has 3 nitrogen and oxygen atoms in total. The van der Waals surface area contributed by atoms with Crippen LogP contribution in [-0.4, -0.2) is 20.4 Å². The summed E-state index contributed by atoms with van der Waals surface area (Å²) in [5.74, 6) is 1.93. The zero-order chi connectivity index (χ0) is 19.8. The molecule has 3 aromatic carbocycles. The Hall–Kier alpha value is -2.66. The number of hydrogen-bond acceptors (Lipinski definition) is 4. The molecule has 28 heavy (non-hydrogen) atoms. The predicted molar refractivity (Wildman–Crippen MR) is 115 cm³/mol. The molecule has 5 heteroatoms. The van der Waals surface area contributed by atoms with Crippen LogP contribution in [0.3, 0.4) is 0 Å². The number of benzene rings is 3. The maximum absolute atomic E-state index is 11.7. The van der Waals surface area contributed by atoms with Crippen LogP contribution in [-0.2, 0) is 21.7 Å². The van der Waals surface area contributed by atoms with E-state index >= 15 is 0 Å². The molecule has 3 aromatic rings. The molecule has 0 amide bonds. The lowest BCUT2D eigenvalue weighted by Gasteiger charge is -2.13. The first kappa shape index (κ1) is 20.1. The van der Waals surface area contributed by atoms with Crippen LogP contribution in [0.2, 0.25) is 0 Å². The fraction of sp³-hybridized carbons (Fsp3) is 0.174. The van der Waals surface area contributed by atoms with Crippen molar-refractivity contribution >= 4 is 31.0 Å². The van der Waals surface area contributed by atoms with Gasteiger partial charge in [0.1, 0.15) is 19.3 Å². The van der Waals surface area contributed by atoms with Gasteiger partial charge < -0.3 is 9.47 Å². The van der Waals surface area contributed by atoms with Gasteiger partial charge in [-0.3, -0.25) is 4.79 Å². The van der Waals surface area contributed by atoms with Crippen molar-refractivity contribution in [3.63, 3.8) is 0 Å². The lowest BCUT2D eigenvalue weighted by molar-refractivity contribution is -0.142. The summed E-state index contributed by atoms with van der Waals surface area (Å²) in [6.45, 7) is 2.18. The van der Waals surface area contributed by atoms with Gasteiger partial charge in [0.2, 0.25) is 0 Å². The number of esters is 1. The summed E-state index contributed by atoms with van der Waals surface area (Å²) in [5, 5.41) is 0. The Morgan fingerprint density at radius 2 is 1.82 bits per heavy atom. The first-order valence-electron chi connectivity index (χ1n) is 9.12. The van der Waals surface area contributed by atoms with Gasteiger partial charge in [0.05, 0.1) is 13.0 Å². The monoisotopic (exact) mass is 388 g/mol. The number of ether oxygens (including phenoxy) is 2. The average Bonchev–Trinajstić information content (AvgIpc) is 2.69. The first-order valence-corrected chi connectivity index (χ1v) is 10.1. The van der Waals surface area contributed by atoms with Crippen molar-refractivity contribution in [1.29, 1.82) is 0 Å². The third kappa shape index (κ3) is 5.93. The molecule has 0 aliphatic rings. The summed E-state index contributed by atoms with van der Waals surface area (Å²) in [7, 11) is 5.98. The van der Waals surface area contributed by atoms with Crippen molar-refractivity contribution in [3.8, 4) is 11.5 Å². The molecule has 0 bridgehead atoms. The Balaban J connectivity index is 1.74. The standard InChI is InChI=1S/C23H21BO3S/c1-2-26-23(25)14-17-7-6-8-20(13-17)27-22-12-11-19(24)15-18(22)16-28-21-9-4-3-5-10-21/h3-13,15H,2,14,16H2,1H3. The topological polar surface area (TPSA) is 35.5 Å². The van der Waals surface area contributed by atoms with E-state index in [1.165, 1.54) is 4.90 Å². The summed E-state index contributed by atoms with van der Waals surface area (Å²) in [6.07, 6.45) is 0.226. The molecule has 0 saturated heterocycles. The van der Waals surface area contributed by atoms with Crippen molar-refractivity contribution < 1.29 is 14.3 Å². The van der Waals surface area contributed by atoms with E-state index in [-0.39, 0.29) is 12.4 Å². The smallest absolute Gasteiger partial charge is 0.310 e. The summed E-state index contributed by atoms with van der Waals surface area (Å²) in [4.78, 5) is 12.9. The molecule has 0 aliphatic carbocycles. The normalized spacial score (nSPS) is 10.5. The molecule has 140 valence electrons. The minimum Gasteiger partial charge on any atom is -0.466 e. The summed E-state index contributed by atoms with van der Waals surface area (Å²) < 4.78 is 11.1. The fourth-order valence-corrected chi connectivity index (χ4v) is 3.61. The Morgan fingerprint density at radius 3 is 2.61 bits per heavy atom. The van der Waals surface area contributed by atoms with Crippen molar-refractivity contribution in [3.05, 3.63) is 83.9 Å². The van der Waals surface area contributed by atoms with Gasteiger partial charge in [-0.25, -0.2) is 0 Å². The van der Waals surface area contributed by atoms with E-state index in [1.54, 1.807) is 18.7 Å². The van der Waals surface area contributed by atoms with E-state index in [1.807, 2.05) is 60.7 Å². The van der Waals surface area contributed by atoms with Gasteiger partial charge in [-0.15, -0.1) is 11.8 Å². The Morgan fingerprint density at radius 1 is 1.00 bits per heavy atom. The lowest BCUT2D eigenvalue weighted by atomic mass is 9.94. The van der Waals surface area contributed by atoms with Crippen molar-refractivity contribution in [1.82, 2.24) is 0 Å². The van der Waals surface area contributed by atoms with E-state index in [2.05, 4.69) is 12.1 Å². The highest BCUT2D eigenvalue weighted by Crippen LogP contribution is 2.30. The Labute approximate surface area is 171 Å². The third-order valence-electron chi connectivity index (χ3n) is 4.00. The maximum Gasteiger partial charge on any atom is 0.310 e. The molecular weight excluding hydrogens is 367 g/mol. The van der Waals surface area contributed by atoms with Gasteiger partial charge in [-0.05, 0) is 42.8 Å². The van der Waals surface area contributed by atoms with Crippen LogP contribution in [0.25, 0.3) is 0 Å². The van der Waals surface area contributed by atoms with Crippen LogP contribution in [0.5, 0.6) is 11.5 Å². The number of thioether (sulfide) groups is 1. The Bertz CT molecular complexity index is 928. The first-order chi connectivity index (χ1) is 13.6. The van der Waals surface area contributed by atoms with Crippen LogP contribution < -0.4 is 10.2 Å². The fourth-order valence-electron chi connectivity index (χ4n) is 2.71. The second kappa shape index (κ2) is 10.0. The van der Waals surface area contributed by atoms with Crippen LogP contribution in [0.15, 0.2) is 77.7 Å². The summed E-state index contributed by atoms with van der Waals surface area (Å²) in [6, 6.07) is 23.4. The second-order valence-corrected chi connectivity index (χ2v) is 7.25. The highest BCUT2D eigenvalue weighted by atomic mass is 32.2. The second-order valence-electron chi connectivity index (χ2n) is 6.20. The molecule has 0 atom stereocenters. The van der Waals surface area contributed by atoms with E-state index in [0.29, 0.717) is 17.8 Å². The number of rotatable bonds is 8. The minimum atomic E-state index is -0.243. The minimum absolute atomic E-state index is 0.226. The highest BCUT2D eigenvalue weighted by Gasteiger charge is 2.09. The van der Waals surface area contributed by atoms with E-state index < -0.39 is 0 Å². The quantitative estimate of drug-likeness (QED) is 0.319. The van der Waals surface area contributed by atoms with Gasteiger partial charge in [0.25, 0.3) is 0 Å². The molecule has 3 rings (SSSR count). The zero-order valence-electron chi connectivity index (χ0n) is 15.8. The van der Waals surface area contributed by atoms with Crippen molar-refractivity contribution in [2.75, 3.05) is 6.61 Å². The molecule has 0 spiro atoms. The van der Waals surface area contributed by atoms with Crippen LogP contribution >= 0.6 is 11.8 Å². The molecule has 0 aromatic heterocycles. The van der Waals surface area contributed by atoms with E-state index in [4.69, 9.17) is 17.3 Å². The lowest BCUT2D eigenvalue weighted by Crippen LogP contribution is -2.07. The SMILES string of the molecule is [B]c1ccc(Oc2cccc(CC(=O)OCC)c2)c(CSc2ccccc2)c1. The van der Waals surface area contributed by atoms with Gasteiger partial charge in [-0.2, -0.15) is 0 Å². The largest absolute Gasteiger partial charge is 0.466 e. The van der Waals surface area contributed by atoms with Gasteiger partial charge in [-0.1, -0.05) is 47.9 Å². The average molecular weight is 388 g/mol. The highest BCUT2D eigenvalue weighted by molar-refractivity contribution is 7.98. The van der Waals surface area contributed by atoms with Crippen molar-refractivity contribution in [2.45, 2.75) is 24.0 Å². The number of hydrogen-bond donors (Lipinski definition) is 0. The number of carbonyl (C=O) groups excluding carboxylic acids is 1. The van der Waals surface area contributed by atoms with Crippen LogP contribution in [0, 0.1) is 0 Å². The van der Waals surface area contributed by atoms with E-state index in [0.717, 1.165) is 22.6 Å². The maximum atomic E-state index is 11.7. The van der Waals surface area contributed by atoms with Crippen LogP contribution in [0.1, 0.15) is 18.1 Å². The molecule has 0 N–H and O–H groups in total. The van der Waals surface area contributed by atoms with Gasteiger partial charge in [0, 0.05) is 16.2 Å². The molecule has 0 heterocycles. The molecule has 0 unspecified atom stereocenters. The molecule has 0 saturated carbocycles. The molecular formula is C23H21BO3S. The third-order valence-corrected chi connectivity index (χ3v) is 5.06. The summed E-state index contributed by atoms with van der Waals surface area (Å²) in [5.41, 5.74) is 2.57. The Kier molecular flexibility index (Phi) is 7.21. The molecule has 0 fully saturated rings. The molecule has 2 radical (unpaired) electrons. The molecule has 0 aliphatic heterocycles. The zero-order valence-corrected chi connectivity index (χ0v) is 16.6. The van der Waals surface area contributed by atoms with Gasteiger partial charge >= 0.3 is 5.97 Å². The number of carbonyl (C=O) groups is 1. The summed E-state index contributed by atoms with van der Waals surface area (Å²) >= 11 is 1.73. The van der Waals surface area contributed by atoms with Crippen molar-refractivity contribution in [2.24, 2.45) is 0 Å². The van der Waals surface area contributed by atoms with Crippen LogP contribution in [0.4, 0.5) is 0 Å². The van der Waals surface area contributed by atoms with E-state index in [9.17, 15) is 4.79 Å².